The summed E-state index contributed by atoms with van der Waals surface area (Å²) in [5.74, 6) is -0.0847. The quantitative estimate of drug-likeness (QED) is 0.782. The fraction of sp³-hybridized carbons (Fsp3) is 0.263. The van der Waals surface area contributed by atoms with E-state index in [1.807, 2.05) is 6.20 Å². The second kappa shape index (κ2) is 6.71. The number of rotatable bonds is 4. The van der Waals surface area contributed by atoms with Crippen molar-refractivity contribution in [3.05, 3.63) is 59.1 Å². The van der Waals surface area contributed by atoms with Crippen molar-refractivity contribution in [2.24, 2.45) is 0 Å². The summed E-state index contributed by atoms with van der Waals surface area (Å²) in [5.41, 5.74) is 1.27. The van der Waals surface area contributed by atoms with Gasteiger partial charge < -0.3 is 4.74 Å². The Balaban J connectivity index is 1.49. The van der Waals surface area contributed by atoms with E-state index < -0.39 is 0 Å². The molecule has 0 saturated carbocycles. The first-order valence-electron chi connectivity index (χ1n) is 8.13. The standard InChI is InChI=1S/C19H18N2O2S/c22-18(17-9-4-10-23-17)21-19-20-12-15(24-19)11-14-7-3-6-13-5-1-2-8-16(13)14/h1-3,5-8,12,17H,4,9-11H2,(H,20,21,22). The van der Waals surface area contributed by atoms with Gasteiger partial charge in [0.15, 0.2) is 5.13 Å². The fourth-order valence-corrected chi connectivity index (χ4v) is 3.89. The largest absolute Gasteiger partial charge is 0.368 e. The van der Waals surface area contributed by atoms with Gasteiger partial charge in [0.05, 0.1) is 0 Å². The fourth-order valence-electron chi connectivity index (χ4n) is 3.05. The van der Waals surface area contributed by atoms with Crippen LogP contribution in [0.2, 0.25) is 0 Å². The van der Waals surface area contributed by atoms with Gasteiger partial charge in [0.25, 0.3) is 5.91 Å². The van der Waals surface area contributed by atoms with Gasteiger partial charge in [-0.15, -0.1) is 11.3 Å². The second-order valence-corrected chi connectivity index (χ2v) is 7.05. The Bertz CT molecular complexity index is 863. The zero-order chi connectivity index (χ0) is 16.4. The van der Waals surface area contributed by atoms with Crippen molar-refractivity contribution in [1.29, 1.82) is 0 Å². The minimum Gasteiger partial charge on any atom is -0.368 e. The van der Waals surface area contributed by atoms with E-state index >= 15 is 0 Å². The Kier molecular flexibility index (Phi) is 4.28. The van der Waals surface area contributed by atoms with Crippen LogP contribution in [0.4, 0.5) is 5.13 Å². The van der Waals surface area contributed by atoms with Crippen molar-refractivity contribution in [1.82, 2.24) is 4.98 Å². The summed E-state index contributed by atoms with van der Waals surface area (Å²) in [6.45, 7) is 0.669. The highest BCUT2D eigenvalue weighted by Crippen LogP contribution is 2.26. The van der Waals surface area contributed by atoms with Crippen LogP contribution in [0.25, 0.3) is 10.8 Å². The number of anilines is 1. The van der Waals surface area contributed by atoms with Gasteiger partial charge >= 0.3 is 0 Å². The third kappa shape index (κ3) is 3.18. The lowest BCUT2D eigenvalue weighted by molar-refractivity contribution is -0.124. The van der Waals surface area contributed by atoms with Gasteiger partial charge in [-0.25, -0.2) is 4.98 Å². The smallest absolute Gasteiger partial charge is 0.255 e. The molecule has 1 amide bonds. The number of fused-ring (bicyclic) bond motifs is 1. The number of nitrogens with one attached hydrogen (secondary N) is 1. The van der Waals surface area contributed by atoms with E-state index in [4.69, 9.17) is 4.74 Å². The normalized spacial score (nSPS) is 17.2. The van der Waals surface area contributed by atoms with Gasteiger partial charge in [-0.3, -0.25) is 10.1 Å². The second-order valence-electron chi connectivity index (χ2n) is 5.94. The molecule has 1 aromatic heterocycles. The Morgan fingerprint density at radius 2 is 2.12 bits per heavy atom. The molecule has 0 aliphatic carbocycles. The number of hydrogen-bond acceptors (Lipinski definition) is 4. The number of ether oxygens (including phenoxy) is 1. The predicted octanol–water partition coefficient (Wildman–Crippen LogP) is 4.00. The average Bonchev–Trinajstić information content (AvgIpc) is 3.27. The van der Waals surface area contributed by atoms with Gasteiger partial charge in [0, 0.05) is 24.1 Å². The number of carbonyl (C=O) groups is 1. The molecule has 1 unspecified atom stereocenters. The maximum atomic E-state index is 12.1. The molecule has 1 fully saturated rings. The van der Waals surface area contributed by atoms with Crippen LogP contribution < -0.4 is 5.32 Å². The first-order valence-corrected chi connectivity index (χ1v) is 8.95. The number of amides is 1. The topological polar surface area (TPSA) is 51.2 Å². The van der Waals surface area contributed by atoms with Crippen molar-refractivity contribution >= 4 is 33.1 Å². The van der Waals surface area contributed by atoms with E-state index in [2.05, 4.69) is 52.8 Å². The van der Waals surface area contributed by atoms with E-state index in [0.717, 1.165) is 24.1 Å². The van der Waals surface area contributed by atoms with Crippen LogP contribution in [-0.4, -0.2) is 23.6 Å². The summed E-state index contributed by atoms with van der Waals surface area (Å²) in [6.07, 6.45) is 4.07. The molecule has 0 radical (unpaired) electrons. The molecule has 1 N–H and O–H groups in total. The first-order chi connectivity index (χ1) is 11.8. The lowest BCUT2D eigenvalue weighted by Crippen LogP contribution is -2.26. The maximum absolute atomic E-state index is 12.1. The summed E-state index contributed by atoms with van der Waals surface area (Å²) in [4.78, 5) is 17.6. The lowest BCUT2D eigenvalue weighted by Gasteiger charge is -2.07. The number of benzene rings is 2. The molecule has 1 aliphatic heterocycles. The van der Waals surface area contributed by atoms with Gasteiger partial charge in [-0.1, -0.05) is 42.5 Å². The number of nitrogens with zero attached hydrogens (tertiary/aromatic N) is 1. The molecular weight excluding hydrogens is 320 g/mol. The Morgan fingerprint density at radius 3 is 3.00 bits per heavy atom. The van der Waals surface area contributed by atoms with Gasteiger partial charge in [0.2, 0.25) is 0 Å². The molecule has 1 saturated heterocycles. The molecule has 4 rings (SSSR count). The summed E-state index contributed by atoms with van der Waals surface area (Å²) < 4.78 is 5.40. The Hall–Kier alpha value is -2.24. The van der Waals surface area contributed by atoms with Gasteiger partial charge in [-0.05, 0) is 29.2 Å². The summed E-state index contributed by atoms with van der Waals surface area (Å²) in [7, 11) is 0. The van der Waals surface area contributed by atoms with Gasteiger partial charge in [0.1, 0.15) is 6.10 Å². The Labute approximate surface area is 144 Å². The van der Waals surface area contributed by atoms with E-state index in [1.54, 1.807) is 0 Å². The van der Waals surface area contributed by atoms with Crippen LogP contribution in [-0.2, 0) is 16.0 Å². The maximum Gasteiger partial charge on any atom is 0.255 e. The van der Waals surface area contributed by atoms with Crippen molar-refractivity contribution in [3.8, 4) is 0 Å². The number of thiazole rings is 1. The lowest BCUT2D eigenvalue weighted by atomic mass is 10.0. The van der Waals surface area contributed by atoms with E-state index in [9.17, 15) is 4.79 Å². The van der Waals surface area contributed by atoms with Crippen LogP contribution >= 0.6 is 11.3 Å². The zero-order valence-corrected chi connectivity index (χ0v) is 14.0. The van der Waals surface area contributed by atoms with Crippen LogP contribution in [0.5, 0.6) is 0 Å². The molecule has 0 bridgehead atoms. The van der Waals surface area contributed by atoms with Crippen LogP contribution in [0, 0.1) is 0 Å². The van der Waals surface area contributed by atoms with Crippen molar-refractivity contribution in [3.63, 3.8) is 0 Å². The molecule has 122 valence electrons. The van der Waals surface area contributed by atoms with Crippen molar-refractivity contribution < 1.29 is 9.53 Å². The molecular formula is C19H18N2O2S. The van der Waals surface area contributed by atoms with E-state index in [0.29, 0.717) is 11.7 Å². The highest BCUT2D eigenvalue weighted by atomic mass is 32.1. The highest BCUT2D eigenvalue weighted by molar-refractivity contribution is 7.15. The molecule has 3 aromatic rings. The summed E-state index contributed by atoms with van der Waals surface area (Å²) >= 11 is 1.52. The predicted molar refractivity (Wildman–Crippen MR) is 96.5 cm³/mol. The van der Waals surface area contributed by atoms with Crippen molar-refractivity contribution in [2.45, 2.75) is 25.4 Å². The Morgan fingerprint density at radius 1 is 1.25 bits per heavy atom. The van der Waals surface area contributed by atoms with Crippen LogP contribution in [0.1, 0.15) is 23.3 Å². The van der Waals surface area contributed by atoms with Gasteiger partial charge in [-0.2, -0.15) is 0 Å². The number of carbonyl (C=O) groups excluding carboxylic acids is 1. The molecule has 5 heteroatoms. The van der Waals surface area contributed by atoms with Crippen LogP contribution in [0.3, 0.4) is 0 Å². The molecule has 0 spiro atoms. The molecule has 24 heavy (non-hydrogen) atoms. The minimum absolute atomic E-state index is 0.0847. The zero-order valence-electron chi connectivity index (χ0n) is 13.2. The molecule has 1 aliphatic rings. The van der Waals surface area contributed by atoms with Crippen LogP contribution in [0.15, 0.2) is 48.7 Å². The molecule has 4 nitrogen and oxygen atoms in total. The third-order valence-electron chi connectivity index (χ3n) is 4.25. The summed E-state index contributed by atoms with van der Waals surface area (Å²) in [5, 5.41) is 6.02. The highest BCUT2D eigenvalue weighted by Gasteiger charge is 2.24. The summed E-state index contributed by atoms with van der Waals surface area (Å²) in [6, 6.07) is 14.7. The number of hydrogen-bond donors (Lipinski definition) is 1. The molecule has 1 atom stereocenters. The number of aromatic nitrogens is 1. The van der Waals surface area contributed by atoms with E-state index in [1.165, 1.54) is 27.7 Å². The van der Waals surface area contributed by atoms with E-state index in [-0.39, 0.29) is 12.0 Å². The molecule has 2 heterocycles. The SMILES string of the molecule is O=C(Nc1ncc(Cc2cccc3ccccc23)s1)C1CCCO1. The minimum atomic E-state index is -0.324. The third-order valence-corrected chi connectivity index (χ3v) is 5.16. The van der Waals surface area contributed by atoms with Crippen molar-refractivity contribution in [2.75, 3.05) is 11.9 Å². The monoisotopic (exact) mass is 338 g/mol. The average molecular weight is 338 g/mol. The first kappa shape index (κ1) is 15.3. The molecule has 2 aromatic carbocycles.